The summed E-state index contributed by atoms with van der Waals surface area (Å²) in [5, 5.41) is 9.90. The molecule has 1 fully saturated rings. The van der Waals surface area contributed by atoms with Crippen molar-refractivity contribution in [2.75, 3.05) is 18.5 Å². The first-order valence-corrected chi connectivity index (χ1v) is 11.4. The smallest absolute Gasteiger partial charge is 0.275 e. The Morgan fingerprint density at radius 3 is 3.10 bits per heavy atom. The minimum absolute atomic E-state index is 0.143. The Bertz CT molecular complexity index is 1110. The van der Waals surface area contributed by atoms with Gasteiger partial charge in [0.15, 0.2) is 0 Å². The Morgan fingerprint density at radius 2 is 2.19 bits per heavy atom. The summed E-state index contributed by atoms with van der Waals surface area (Å²) in [6.07, 6.45) is 4.94. The Balaban J connectivity index is 1.33. The lowest BCUT2D eigenvalue weighted by molar-refractivity contribution is 0.0529. The molecule has 1 aromatic carbocycles. The molecule has 5 rings (SSSR count). The van der Waals surface area contributed by atoms with Gasteiger partial charge in [-0.2, -0.15) is 5.10 Å². The molecule has 3 N–H and O–H groups in total. The fraction of sp³-hybridized carbons (Fsp3) is 0.409. The summed E-state index contributed by atoms with van der Waals surface area (Å²) in [5.74, 6) is 0.677. The second-order valence-corrected chi connectivity index (χ2v) is 8.82. The third kappa shape index (κ3) is 4.08. The normalized spacial score (nSPS) is 20.7. The van der Waals surface area contributed by atoms with Crippen LogP contribution in [0.3, 0.4) is 0 Å². The van der Waals surface area contributed by atoms with Crippen LogP contribution in [0.15, 0.2) is 29.8 Å². The molecule has 9 heteroatoms. The van der Waals surface area contributed by atoms with Gasteiger partial charge >= 0.3 is 0 Å². The van der Waals surface area contributed by atoms with E-state index < -0.39 is 0 Å². The second kappa shape index (κ2) is 8.41. The predicted molar refractivity (Wildman–Crippen MR) is 118 cm³/mol. The SMILES string of the molecule is Cn1ncc(NC(=O)c2csc(-c3ccc4c(c3)CCO4)n2)c1C1CCC(N)CCO1. The van der Waals surface area contributed by atoms with Crippen LogP contribution in [0.5, 0.6) is 5.75 Å². The lowest BCUT2D eigenvalue weighted by atomic mass is 10.1. The number of amides is 1. The van der Waals surface area contributed by atoms with Crippen LogP contribution in [-0.2, 0) is 18.2 Å². The number of fused-ring (bicyclic) bond motifs is 1. The first kappa shape index (κ1) is 20.2. The summed E-state index contributed by atoms with van der Waals surface area (Å²) < 4.78 is 13.3. The standard InChI is InChI=1S/C22H25N5O3S/c1-27-20(19-5-3-15(23)7-9-30-19)16(11-24-27)25-21(28)17-12-31-22(26-17)14-2-4-18-13(10-14)6-8-29-18/h2,4,10-12,15,19H,3,5-9,23H2,1H3,(H,25,28). The van der Waals surface area contributed by atoms with Crippen molar-refractivity contribution in [3.05, 3.63) is 46.7 Å². The van der Waals surface area contributed by atoms with E-state index in [4.69, 9.17) is 15.2 Å². The molecule has 0 bridgehead atoms. The lowest BCUT2D eigenvalue weighted by Gasteiger charge is -2.17. The lowest BCUT2D eigenvalue weighted by Crippen LogP contribution is -2.19. The Hall–Kier alpha value is -2.75. The molecule has 1 amide bonds. The van der Waals surface area contributed by atoms with Gasteiger partial charge in [0.1, 0.15) is 22.6 Å². The molecule has 162 valence electrons. The fourth-order valence-electron chi connectivity index (χ4n) is 4.11. The first-order valence-electron chi connectivity index (χ1n) is 10.5. The Kier molecular flexibility index (Phi) is 5.47. The van der Waals surface area contributed by atoms with Crippen molar-refractivity contribution in [3.63, 3.8) is 0 Å². The number of hydrogen-bond donors (Lipinski definition) is 2. The van der Waals surface area contributed by atoms with Crippen molar-refractivity contribution >= 4 is 22.9 Å². The van der Waals surface area contributed by atoms with E-state index in [9.17, 15) is 4.79 Å². The van der Waals surface area contributed by atoms with Crippen LogP contribution < -0.4 is 15.8 Å². The molecule has 0 saturated carbocycles. The zero-order chi connectivity index (χ0) is 21.4. The Labute approximate surface area is 184 Å². The van der Waals surface area contributed by atoms with Crippen molar-refractivity contribution in [1.29, 1.82) is 0 Å². The van der Waals surface area contributed by atoms with E-state index in [0.29, 0.717) is 24.6 Å². The molecule has 0 aliphatic carbocycles. The molecule has 2 aromatic heterocycles. The maximum absolute atomic E-state index is 12.9. The van der Waals surface area contributed by atoms with Gasteiger partial charge in [0, 0.05) is 37.1 Å². The zero-order valence-corrected chi connectivity index (χ0v) is 18.2. The van der Waals surface area contributed by atoms with Crippen LogP contribution in [0.4, 0.5) is 5.69 Å². The minimum Gasteiger partial charge on any atom is -0.493 e. The predicted octanol–water partition coefficient (Wildman–Crippen LogP) is 3.30. The average Bonchev–Trinajstić information content (AvgIpc) is 3.47. The van der Waals surface area contributed by atoms with Gasteiger partial charge in [-0.1, -0.05) is 0 Å². The number of aromatic nitrogens is 3. The number of carbonyl (C=O) groups excluding carboxylic acids is 1. The van der Waals surface area contributed by atoms with E-state index in [-0.39, 0.29) is 18.1 Å². The van der Waals surface area contributed by atoms with Crippen molar-refractivity contribution in [1.82, 2.24) is 14.8 Å². The molecular formula is C22H25N5O3S. The molecule has 4 heterocycles. The van der Waals surface area contributed by atoms with Crippen LogP contribution in [0, 0.1) is 0 Å². The van der Waals surface area contributed by atoms with Gasteiger partial charge in [-0.15, -0.1) is 11.3 Å². The minimum atomic E-state index is -0.258. The number of carbonyl (C=O) groups is 1. The summed E-state index contributed by atoms with van der Waals surface area (Å²) in [7, 11) is 1.86. The van der Waals surface area contributed by atoms with Gasteiger partial charge in [0.2, 0.25) is 0 Å². The zero-order valence-electron chi connectivity index (χ0n) is 17.3. The van der Waals surface area contributed by atoms with E-state index in [1.807, 2.05) is 19.2 Å². The summed E-state index contributed by atoms with van der Waals surface area (Å²) in [6, 6.07) is 6.20. The third-order valence-corrected chi connectivity index (χ3v) is 6.71. The first-order chi connectivity index (χ1) is 15.1. The van der Waals surface area contributed by atoms with Gasteiger partial charge in [-0.3, -0.25) is 9.48 Å². The van der Waals surface area contributed by atoms with E-state index in [1.54, 1.807) is 16.3 Å². The number of nitrogens with two attached hydrogens (primary N) is 1. The molecule has 3 aromatic rings. The van der Waals surface area contributed by atoms with Crippen molar-refractivity contribution < 1.29 is 14.3 Å². The number of ether oxygens (including phenoxy) is 2. The van der Waals surface area contributed by atoms with Crippen LogP contribution in [0.1, 0.15) is 47.1 Å². The van der Waals surface area contributed by atoms with Gasteiger partial charge in [0.05, 0.1) is 24.2 Å². The quantitative estimate of drug-likeness (QED) is 0.646. The van der Waals surface area contributed by atoms with Crippen molar-refractivity contribution in [2.24, 2.45) is 12.8 Å². The van der Waals surface area contributed by atoms with E-state index in [0.717, 1.165) is 47.7 Å². The van der Waals surface area contributed by atoms with Crippen molar-refractivity contribution in [2.45, 2.75) is 37.8 Å². The molecule has 1 saturated heterocycles. The number of nitrogens with one attached hydrogen (secondary N) is 1. The monoisotopic (exact) mass is 439 g/mol. The molecule has 8 nitrogen and oxygen atoms in total. The molecule has 0 radical (unpaired) electrons. The van der Waals surface area contributed by atoms with Crippen LogP contribution in [-0.4, -0.2) is 39.9 Å². The summed E-state index contributed by atoms with van der Waals surface area (Å²) in [6.45, 7) is 1.32. The van der Waals surface area contributed by atoms with E-state index >= 15 is 0 Å². The second-order valence-electron chi connectivity index (χ2n) is 7.97. The highest BCUT2D eigenvalue weighted by molar-refractivity contribution is 7.13. The molecule has 2 atom stereocenters. The van der Waals surface area contributed by atoms with Crippen LogP contribution in [0.25, 0.3) is 10.6 Å². The average molecular weight is 440 g/mol. The van der Waals surface area contributed by atoms with Gasteiger partial charge in [-0.05, 0) is 43.0 Å². The van der Waals surface area contributed by atoms with Gasteiger partial charge in [0.25, 0.3) is 5.91 Å². The van der Waals surface area contributed by atoms with Crippen molar-refractivity contribution in [3.8, 4) is 16.3 Å². The maximum atomic E-state index is 12.9. The maximum Gasteiger partial charge on any atom is 0.275 e. The fourth-order valence-corrected chi connectivity index (χ4v) is 4.91. The summed E-state index contributed by atoms with van der Waals surface area (Å²) in [4.78, 5) is 17.5. The number of aryl methyl sites for hydroxylation is 1. The summed E-state index contributed by atoms with van der Waals surface area (Å²) >= 11 is 1.46. The molecule has 2 aliphatic rings. The summed E-state index contributed by atoms with van der Waals surface area (Å²) in [5.41, 5.74) is 10.2. The highest BCUT2D eigenvalue weighted by atomic mass is 32.1. The van der Waals surface area contributed by atoms with Gasteiger partial charge in [-0.25, -0.2) is 4.98 Å². The third-order valence-electron chi connectivity index (χ3n) is 5.82. The number of anilines is 1. The molecular weight excluding hydrogens is 414 g/mol. The Morgan fingerprint density at radius 1 is 1.29 bits per heavy atom. The van der Waals surface area contributed by atoms with Crippen LogP contribution >= 0.6 is 11.3 Å². The topological polar surface area (TPSA) is 104 Å². The highest BCUT2D eigenvalue weighted by Crippen LogP contribution is 2.33. The molecule has 2 aliphatic heterocycles. The number of rotatable bonds is 4. The number of thiazole rings is 1. The van der Waals surface area contributed by atoms with Crippen LogP contribution in [0.2, 0.25) is 0 Å². The number of benzene rings is 1. The molecule has 31 heavy (non-hydrogen) atoms. The van der Waals surface area contributed by atoms with Gasteiger partial charge < -0.3 is 20.5 Å². The number of nitrogens with zero attached hydrogens (tertiary/aromatic N) is 3. The van der Waals surface area contributed by atoms with E-state index in [1.165, 1.54) is 16.9 Å². The molecule has 2 unspecified atom stereocenters. The largest absolute Gasteiger partial charge is 0.493 e. The highest BCUT2D eigenvalue weighted by Gasteiger charge is 2.26. The number of hydrogen-bond acceptors (Lipinski definition) is 7. The molecule has 0 spiro atoms. The van der Waals surface area contributed by atoms with E-state index in [2.05, 4.69) is 21.5 Å².